The van der Waals surface area contributed by atoms with Crippen molar-refractivity contribution in [3.8, 4) is 11.5 Å². The number of hydrogen-bond donors (Lipinski definition) is 0. The van der Waals surface area contributed by atoms with Crippen LogP contribution in [0, 0.1) is 0 Å². The molecule has 0 N–H and O–H groups in total. The third-order valence-corrected chi connectivity index (χ3v) is 5.16. The van der Waals surface area contributed by atoms with Crippen molar-refractivity contribution in [2.24, 2.45) is 0 Å². The van der Waals surface area contributed by atoms with Crippen LogP contribution in [0.25, 0.3) is 0 Å². The third-order valence-electron chi connectivity index (χ3n) is 5.16. The molecule has 0 aliphatic carbocycles. The van der Waals surface area contributed by atoms with E-state index in [-0.39, 0.29) is 17.6 Å². The predicted molar refractivity (Wildman–Crippen MR) is 122 cm³/mol. The predicted octanol–water partition coefficient (Wildman–Crippen LogP) is 7.06. The maximum atomic E-state index is 12.5. The summed E-state index contributed by atoms with van der Waals surface area (Å²) in [5.74, 6) is 0.923. The van der Waals surface area contributed by atoms with Crippen LogP contribution in [0.15, 0.2) is 66.7 Å². The van der Waals surface area contributed by atoms with E-state index < -0.39 is 12.6 Å². The monoisotopic (exact) mass is 456 g/mol. The maximum Gasteiger partial charge on any atom is 0.393 e. The molecule has 0 fully saturated rings. The van der Waals surface area contributed by atoms with Crippen molar-refractivity contribution in [2.45, 2.75) is 52.0 Å². The van der Waals surface area contributed by atoms with Gasteiger partial charge < -0.3 is 9.47 Å². The van der Waals surface area contributed by atoms with Crippen molar-refractivity contribution < 1.29 is 27.4 Å². The lowest BCUT2D eigenvalue weighted by Gasteiger charge is -2.19. The highest BCUT2D eigenvalue weighted by atomic mass is 19.4. The van der Waals surface area contributed by atoms with E-state index >= 15 is 0 Å². The topological polar surface area (TPSA) is 35.5 Å². The third kappa shape index (κ3) is 7.38. The van der Waals surface area contributed by atoms with Gasteiger partial charge in [-0.3, -0.25) is 4.79 Å². The Bertz CT molecular complexity index is 1060. The molecule has 33 heavy (non-hydrogen) atoms. The van der Waals surface area contributed by atoms with Crippen LogP contribution in [-0.2, 0) is 25.0 Å². The van der Waals surface area contributed by atoms with Gasteiger partial charge >= 0.3 is 6.18 Å². The first-order valence-corrected chi connectivity index (χ1v) is 10.6. The number of ether oxygens (including phenoxy) is 2. The Hall–Kier alpha value is -3.28. The Morgan fingerprint density at radius 3 is 1.85 bits per heavy atom. The van der Waals surface area contributed by atoms with Gasteiger partial charge in [-0.2, -0.15) is 13.2 Å². The first-order chi connectivity index (χ1) is 15.5. The average molecular weight is 457 g/mol. The molecule has 0 spiro atoms. The van der Waals surface area contributed by atoms with Gasteiger partial charge in [-0.25, -0.2) is 0 Å². The molecule has 0 atom stereocenters. The molecule has 3 rings (SSSR count). The van der Waals surface area contributed by atoms with E-state index in [1.807, 2.05) is 12.1 Å². The van der Waals surface area contributed by atoms with Gasteiger partial charge in [-0.15, -0.1) is 0 Å². The number of carbonyl (C=O) groups is 1. The van der Waals surface area contributed by atoms with Crippen molar-refractivity contribution in [1.82, 2.24) is 0 Å². The minimum atomic E-state index is -4.23. The van der Waals surface area contributed by atoms with Crippen molar-refractivity contribution in [3.05, 3.63) is 94.5 Å². The zero-order valence-corrected chi connectivity index (χ0v) is 18.9. The van der Waals surface area contributed by atoms with Gasteiger partial charge in [0.05, 0.1) is 12.0 Å². The molecule has 0 aliphatic rings. The summed E-state index contributed by atoms with van der Waals surface area (Å²) in [6.07, 6.45) is -4.49. The largest absolute Gasteiger partial charge is 0.489 e. The zero-order valence-electron chi connectivity index (χ0n) is 18.9. The molecule has 0 heterocycles. The van der Waals surface area contributed by atoms with E-state index in [1.54, 1.807) is 30.3 Å². The number of hydrogen-bond acceptors (Lipinski definition) is 3. The Labute approximate surface area is 192 Å². The Balaban J connectivity index is 1.58. The molecule has 0 radical (unpaired) electrons. The van der Waals surface area contributed by atoms with E-state index in [1.165, 1.54) is 17.7 Å². The Morgan fingerprint density at radius 2 is 1.30 bits per heavy atom. The van der Waals surface area contributed by atoms with Crippen LogP contribution in [-0.4, -0.2) is 12.5 Å². The van der Waals surface area contributed by atoms with Gasteiger partial charge in [-0.1, -0.05) is 69.3 Å². The lowest BCUT2D eigenvalue weighted by molar-refractivity contribution is -0.127. The fraction of sp³-hybridized carbons (Fsp3) is 0.296. The molecular formula is C27H27F3O3. The molecule has 0 bridgehead atoms. The summed E-state index contributed by atoms with van der Waals surface area (Å²) >= 11 is 0. The number of carbonyl (C=O) groups excluding carboxylic acids is 1. The number of aldehydes is 1. The van der Waals surface area contributed by atoms with Crippen LogP contribution in [0.4, 0.5) is 13.2 Å². The SMILES string of the molecule is CC(C)(C)c1ccc(COc2ccc(OCc3ccc(CC(F)(F)F)cc3)cc2C=O)cc1. The number of halogens is 3. The molecule has 3 nitrogen and oxygen atoms in total. The second kappa shape index (κ2) is 10.1. The summed E-state index contributed by atoms with van der Waals surface area (Å²) in [4.78, 5) is 11.5. The van der Waals surface area contributed by atoms with Gasteiger partial charge in [0.25, 0.3) is 0 Å². The summed E-state index contributed by atoms with van der Waals surface area (Å²) in [5, 5.41) is 0. The average Bonchev–Trinajstić information content (AvgIpc) is 2.76. The molecule has 6 heteroatoms. The van der Waals surface area contributed by atoms with Gasteiger partial charge in [0.1, 0.15) is 24.7 Å². The van der Waals surface area contributed by atoms with Crippen molar-refractivity contribution in [3.63, 3.8) is 0 Å². The quantitative estimate of drug-likeness (QED) is 0.341. The molecule has 0 saturated carbocycles. The maximum absolute atomic E-state index is 12.5. The van der Waals surface area contributed by atoms with Crippen LogP contribution in [0.5, 0.6) is 11.5 Å². The molecule has 0 aliphatic heterocycles. The molecule has 3 aromatic rings. The van der Waals surface area contributed by atoms with E-state index in [2.05, 4.69) is 32.9 Å². The van der Waals surface area contributed by atoms with Crippen LogP contribution >= 0.6 is 0 Å². The number of benzene rings is 3. The Kier molecular flexibility index (Phi) is 7.46. The number of rotatable bonds is 8. The number of alkyl halides is 3. The minimum Gasteiger partial charge on any atom is -0.489 e. The first-order valence-electron chi connectivity index (χ1n) is 10.6. The lowest BCUT2D eigenvalue weighted by Crippen LogP contribution is -2.11. The molecule has 0 saturated heterocycles. The summed E-state index contributed by atoms with van der Waals surface area (Å²) in [6, 6.07) is 19.2. The second-order valence-corrected chi connectivity index (χ2v) is 8.95. The molecule has 0 unspecified atom stereocenters. The highest BCUT2D eigenvalue weighted by molar-refractivity contribution is 5.80. The van der Waals surface area contributed by atoms with Gasteiger partial charge in [-0.05, 0) is 45.9 Å². The molecular weight excluding hydrogens is 429 g/mol. The lowest BCUT2D eigenvalue weighted by atomic mass is 9.87. The van der Waals surface area contributed by atoms with Crippen LogP contribution < -0.4 is 9.47 Å². The van der Waals surface area contributed by atoms with Gasteiger partial charge in [0.15, 0.2) is 6.29 Å². The fourth-order valence-corrected chi connectivity index (χ4v) is 3.25. The van der Waals surface area contributed by atoms with Crippen LogP contribution in [0.2, 0.25) is 0 Å². The second-order valence-electron chi connectivity index (χ2n) is 8.95. The molecule has 0 amide bonds. The van der Waals surface area contributed by atoms with Crippen molar-refractivity contribution >= 4 is 6.29 Å². The summed E-state index contributed by atoms with van der Waals surface area (Å²) in [6.45, 7) is 6.96. The van der Waals surface area contributed by atoms with E-state index in [0.717, 1.165) is 11.1 Å². The van der Waals surface area contributed by atoms with Gasteiger partial charge in [0, 0.05) is 0 Å². The highest BCUT2D eigenvalue weighted by Crippen LogP contribution is 2.26. The van der Waals surface area contributed by atoms with Crippen LogP contribution in [0.3, 0.4) is 0 Å². The Morgan fingerprint density at radius 1 is 0.758 bits per heavy atom. The normalized spacial score (nSPS) is 11.8. The van der Waals surface area contributed by atoms with Crippen molar-refractivity contribution in [1.29, 1.82) is 0 Å². The standard InChI is InChI=1S/C27H27F3O3/c1-26(2,3)23-10-8-21(9-11-23)18-33-25-13-12-24(14-22(25)16-31)32-17-20-6-4-19(5-7-20)15-27(28,29)30/h4-14,16H,15,17-18H2,1-3H3. The first kappa shape index (κ1) is 24.4. The molecule has 0 aromatic heterocycles. The van der Waals surface area contributed by atoms with Gasteiger partial charge in [0.2, 0.25) is 0 Å². The van der Waals surface area contributed by atoms with E-state index in [9.17, 15) is 18.0 Å². The zero-order chi connectivity index (χ0) is 24.1. The smallest absolute Gasteiger partial charge is 0.393 e. The van der Waals surface area contributed by atoms with E-state index in [4.69, 9.17) is 9.47 Å². The minimum absolute atomic E-state index is 0.0744. The summed E-state index contributed by atoms with van der Waals surface area (Å²) in [5.41, 5.74) is 3.59. The van der Waals surface area contributed by atoms with E-state index in [0.29, 0.717) is 30.0 Å². The summed E-state index contributed by atoms with van der Waals surface area (Å²) in [7, 11) is 0. The molecule has 174 valence electrons. The van der Waals surface area contributed by atoms with Crippen molar-refractivity contribution in [2.75, 3.05) is 0 Å². The summed E-state index contributed by atoms with van der Waals surface area (Å²) < 4.78 is 48.9. The van der Waals surface area contributed by atoms with Crippen LogP contribution in [0.1, 0.15) is 53.4 Å². The fourth-order valence-electron chi connectivity index (χ4n) is 3.25. The molecule has 3 aromatic carbocycles. The highest BCUT2D eigenvalue weighted by Gasteiger charge is 2.27.